The van der Waals surface area contributed by atoms with Gasteiger partial charge in [0.05, 0.1) is 0 Å². The van der Waals surface area contributed by atoms with E-state index < -0.39 is 48.1 Å². The highest BCUT2D eigenvalue weighted by Gasteiger charge is 2.26. The standard InChI is InChI=1S/C20H30N4O9/c1-10(25)33-12(3-5-15(22)19(29)30)8-24-7-11(2-4-14(21)18(27)28)13(17(26)9-24)6-16(23)20(31)32/h7,9,12,14-16H,2-6,8,21-23H2,1H3,(H3-,26,27,28,29,30,31,32)/p+1/t12-,14+,15+,16+/m1/s1. The molecular formula is C20H31N4O9+. The zero-order valence-electron chi connectivity index (χ0n) is 18.2. The third-order valence-corrected chi connectivity index (χ3v) is 4.95. The van der Waals surface area contributed by atoms with Gasteiger partial charge in [0.15, 0.2) is 24.6 Å². The summed E-state index contributed by atoms with van der Waals surface area (Å²) in [4.78, 5) is 44.6. The summed E-state index contributed by atoms with van der Waals surface area (Å²) in [7, 11) is 0. The van der Waals surface area contributed by atoms with E-state index in [1.54, 1.807) is 6.20 Å². The second kappa shape index (κ2) is 12.7. The molecule has 0 amide bonds. The van der Waals surface area contributed by atoms with Crippen LogP contribution in [0.3, 0.4) is 0 Å². The smallest absolute Gasteiger partial charge is 0.320 e. The van der Waals surface area contributed by atoms with Crippen molar-refractivity contribution in [2.45, 2.75) is 69.8 Å². The number of aromatic nitrogens is 1. The fraction of sp³-hybridized carbons (Fsp3) is 0.550. The molecule has 10 N–H and O–H groups in total. The van der Waals surface area contributed by atoms with Crippen LogP contribution in [0.25, 0.3) is 0 Å². The van der Waals surface area contributed by atoms with E-state index in [-0.39, 0.29) is 50.0 Å². The van der Waals surface area contributed by atoms with E-state index in [9.17, 15) is 24.3 Å². The van der Waals surface area contributed by atoms with Crippen LogP contribution in [0.1, 0.15) is 37.3 Å². The fourth-order valence-corrected chi connectivity index (χ4v) is 3.16. The molecule has 0 saturated carbocycles. The molecular weight excluding hydrogens is 440 g/mol. The lowest BCUT2D eigenvalue weighted by atomic mass is 9.96. The number of carboxylic acids is 3. The van der Waals surface area contributed by atoms with Gasteiger partial charge in [-0.25, -0.2) is 0 Å². The Labute approximate surface area is 189 Å². The number of ether oxygens (including phenoxy) is 1. The molecule has 0 unspecified atom stereocenters. The van der Waals surface area contributed by atoms with Crippen LogP contribution in [0.4, 0.5) is 0 Å². The molecule has 0 aliphatic carbocycles. The molecule has 33 heavy (non-hydrogen) atoms. The Bertz CT molecular complexity index is 877. The van der Waals surface area contributed by atoms with Gasteiger partial charge in [-0.1, -0.05) is 0 Å². The normalized spacial score (nSPS) is 14.7. The van der Waals surface area contributed by atoms with Crippen molar-refractivity contribution in [3.8, 4) is 5.75 Å². The molecule has 13 heteroatoms. The Morgan fingerprint density at radius 2 is 1.45 bits per heavy atom. The number of aryl methyl sites for hydroxylation is 1. The topological polar surface area (TPSA) is 240 Å². The van der Waals surface area contributed by atoms with Crippen molar-refractivity contribution in [1.82, 2.24) is 0 Å². The quantitative estimate of drug-likeness (QED) is 0.116. The van der Waals surface area contributed by atoms with E-state index in [1.165, 1.54) is 17.7 Å². The number of pyridine rings is 1. The number of hydrogen-bond donors (Lipinski definition) is 7. The largest absolute Gasteiger partial charge is 0.503 e. The van der Waals surface area contributed by atoms with Gasteiger partial charge >= 0.3 is 23.9 Å². The minimum absolute atomic E-state index is 0.00886. The van der Waals surface area contributed by atoms with Crippen molar-refractivity contribution in [3.05, 3.63) is 23.5 Å². The molecule has 1 aromatic rings. The maximum absolute atomic E-state index is 11.5. The lowest BCUT2D eigenvalue weighted by molar-refractivity contribution is -0.704. The number of aromatic hydroxyl groups is 1. The molecule has 0 bridgehead atoms. The summed E-state index contributed by atoms with van der Waals surface area (Å²) in [5.74, 6) is -4.55. The first kappa shape index (κ1) is 27.7. The van der Waals surface area contributed by atoms with Gasteiger partial charge < -0.3 is 42.4 Å². The van der Waals surface area contributed by atoms with Gasteiger partial charge in [-0.2, -0.15) is 4.57 Å². The summed E-state index contributed by atoms with van der Waals surface area (Å²) in [6, 6.07) is -3.62. The van der Waals surface area contributed by atoms with E-state index in [2.05, 4.69) is 0 Å². The van der Waals surface area contributed by atoms with Gasteiger partial charge in [-0.05, 0) is 25.7 Å². The Balaban J connectivity index is 3.21. The number of hydrogen-bond acceptors (Lipinski definition) is 9. The van der Waals surface area contributed by atoms with Crippen LogP contribution in [0.5, 0.6) is 5.75 Å². The summed E-state index contributed by atoms with van der Waals surface area (Å²) in [6.07, 6.45) is 2.14. The lowest BCUT2D eigenvalue weighted by Gasteiger charge is -2.17. The Kier molecular flexibility index (Phi) is 10.7. The molecule has 0 saturated heterocycles. The van der Waals surface area contributed by atoms with Crippen molar-refractivity contribution in [1.29, 1.82) is 0 Å². The van der Waals surface area contributed by atoms with E-state index in [0.29, 0.717) is 5.56 Å². The van der Waals surface area contributed by atoms with Crippen LogP contribution in [0, 0.1) is 0 Å². The van der Waals surface area contributed by atoms with Gasteiger partial charge in [0.25, 0.3) is 0 Å². The number of carbonyl (C=O) groups is 4. The minimum atomic E-state index is -1.30. The van der Waals surface area contributed by atoms with Crippen LogP contribution < -0.4 is 21.8 Å². The van der Waals surface area contributed by atoms with Crippen LogP contribution in [0.15, 0.2) is 12.4 Å². The molecule has 184 valence electrons. The molecule has 0 radical (unpaired) electrons. The number of carboxylic acid groups (broad SMARTS) is 3. The SMILES string of the molecule is CC(=O)O[C@H](CC[C@H](N)C(=O)O)C[n+]1cc(O)c(C[C@H](N)C(=O)O)c(CC[C@H](N)C(=O)O)c1. The minimum Gasteiger partial charge on any atom is -0.503 e. The van der Waals surface area contributed by atoms with E-state index in [0.717, 1.165) is 0 Å². The van der Waals surface area contributed by atoms with Gasteiger partial charge in [0.2, 0.25) is 6.20 Å². The molecule has 0 aliphatic rings. The van der Waals surface area contributed by atoms with Crippen molar-refractivity contribution in [2.24, 2.45) is 17.2 Å². The zero-order valence-corrected chi connectivity index (χ0v) is 18.2. The molecule has 1 heterocycles. The van der Waals surface area contributed by atoms with Gasteiger partial charge in [-0.15, -0.1) is 0 Å². The number of esters is 1. The highest BCUT2D eigenvalue weighted by atomic mass is 16.5. The molecule has 4 atom stereocenters. The Morgan fingerprint density at radius 3 is 1.97 bits per heavy atom. The second-order valence-corrected chi connectivity index (χ2v) is 7.73. The summed E-state index contributed by atoms with van der Waals surface area (Å²) < 4.78 is 6.71. The molecule has 0 spiro atoms. The molecule has 0 fully saturated rings. The molecule has 13 nitrogen and oxygen atoms in total. The number of nitrogens with zero attached hydrogens (tertiary/aromatic N) is 1. The number of rotatable bonds is 14. The van der Waals surface area contributed by atoms with Crippen LogP contribution in [-0.2, 0) is 43.3 Å². The highest BCUT2D eigenvalue weighted by Crippen LogP contribution is 2.22. The summed E-state index contributed by atoms with van der Waals surface area (Å²) in [5.41, 5.74) is 17.3. The van der Waals surface area contributed by atoms with Crippen LogP contribution in [-0.4, -0.2) is 68.5 Å². The average molecular weight is 471 g/mol. The fourth-order valence-electron chi connectivity index (χ4n) is 3.16. The summed E-state index contributed by atoms with van der Waals surface area (Å²) >= 11 is 0. The number of nitrogens with two attached hydrogens (primary N) is 3. The second-order valence-electron chi connectivity index (χ2n) is 7.73. The predicted octanol–water partition coefficient (Wildman–Crippen LogP) is -1.90. The molecule has 0 aliphatic heterocycles. The lowest BCUT2D eigenvalue weighted by Crippen LogP contribution is -2.43. The van der Waals surface area contributed by atoms with E-state index in [4.69, 9.17) is 37.3 Å². The highest BCUT2D eigenvalue weighted by molar-refractivity contribution is 5.74. The maximum Gasteiger partial charge on any atom is 0.320 e. The number of carbonyl (C=O) groups excluding carboxylic acids is 1. The van der Waals surface area contributed by atoms with Crippen molar-refractivity contribution in [3.63, 3.8) is 0 Å². The van der Waals surface area contributed by atoms with Crippen molar-refractivity contribution in [2.75, 3.05) is 0 Å². The summed E-state index contributed by atoms with van der Waals surface area (Å²) in [5, 5.41) is 37.6. The van der Waals surface area contributed by atoms with Gasteiger partial charge in [0, 0.05) is 24.5 Å². The third kappa shape index (κ3) is 9.39. The molecule has 1 aromatic heterocycles. The maximum atomic E-state index is 11.5. The molecule has 1 rings (SSSR count). The van der Waals surface area contributed by atoms with Crippen LogP contribution >= 0.6 is 0 Å². The van der Waals surface area contributed by atoms with Crippen molar-refractivity contribution >= 4 is 23.9 Å². The van der Waals surface area contributed by atoms with Crippen molar-refractivity contribution < 1.29 is 48.9 Å². The predicted molar refractivity (Wildman–Crippen MR) is 112 cm³/mol. The molecule has 0 aromatic carbocycles. The average Bonchev–Trinajstić information content (AvgIpc) is 2.71. The van der Waals surface area contributed by atoms with Gasteiger partial charge in [0.1, 0.15) is 18.1 Å². The van der Waals surface area contributed by atoms with Crippen LogP contribution in [0.2, 0.25) is 0 Å². The first-order valence-electron chi connectivity index (χ1n) is 10.2. The van der Waals surface area contributed by atoms with Gasteiger partial charge in [-0.3, -0.25) is 19.2 Å². The first-order valence-corrected chi connectivity index (χ1v) is 10.2. The van der Waals surface area contributed by atoms with E-state index in [1.807, 2.05) is 0 Å². The zero-order chi connectivity index (χ0) is 25.3. The van der Waals surface area contributed by atoms with E-state index >= 15 is 0 Å². The summed E-state index contributed by atoms with van der Waals surface area (Å²) in [6.45, 7) is 1.23. The number of aliphatic carboxylic acids is 3. The first-order chi connectivity index (χ1) is 15.3. The monoisotopic (exact) mass is 471 g/mol. The third-order valence-electron chi connectivity index (χ3n) is 4.95. The Hall–Kier alpha value is -3.29. The Morgan fingerprint density at radius 1 is 0.909 bits per heavy atom.